The molecule has 1 rings (SSSR count). The van der Waals surface area contributed by atoms with Gasteiger partial charge in [0.15, 0.2) is 0 Å². The van der Waals surface area contributed by atoms with Crippen LogP contribution < -0.4 is 21.3 Å². The van der Waals surface area contributed by atoms with Crippen molar-refractivity contribution in [3.8, 4) is 0 Å². The number of carbonyl (C=O) groups is 2. The zero-order valence-corrected chi connectivity index (χ0v) is 14.8. The van der Waals surface area contributed by atoms with Crippen molar-refractivity contribution in [3.63, 3.8) is 0 Å². The minimum atomic E-state index is 0.0717. The Kier molecular flexibility index (Phi) is 9.04. The highest BCUT2D eigenvalue weighted by Gasteiger charge is 2.13. The van der Waals surface area contributed by atoms with Crippen molar-refractivity contribution in [3.05, 3.63) is 24.3 Å². The number of nitrogens with zero attached hydrogens (tertiary/aromatic N) is 2. The third-order valence-corrected chi connectivity index (χ3v) is 4.06. The summed E-state index contributed by atoms with van der Waals surface area (Å²) >= 11 is 0. The molecule has 0 aliphatic rings. The van der Waals surface area contributed by atoms with E-state index in [0.717, 1.165) is 37.1 Å². The van der Waals surface area contributed by atoms with Gasteiger partial charge >= 0.3 is 0 Å². The van der Waals surface area contributed by atoms with Crippen LogP contribution >= 0.6 is 0 Å². The summed E-state index contributed by atoms with van der Waals surface area (Å²) in [5.41, 5.74) is 12.5. The summed E-state index contributed by atoms with van der Waals surface area (Å²) in [7, 11) is 3.53. The fourth-order valence-electron chi connectivity index (χ4n) is 2.36. The van der Waals surface area contributed by atoms with Crippen molar-refractivity contribution in [2.75, 3.05) is 37.0 Å². The Morgan fingerprint density at radius 1 is 0.750 bits per heavy atom. The van der Waals surface area contributed by atoms with E-state index in [9.17, 15) is 9.59 Å². The van der Waals surface area contributed by atoms with E-state index in [4.69, 9.17) is 11.5 Å². The van der Waals surface area contributed by atoms with Crippen LogP contribution in [0.2, 0.25) is 0 Å². The summed E-state index contributed by atoms with van der Waals surface area (Å²) in [5.74, 6) is 0.143. The average Bonchev–Trinajstić information content (AvgIpc) is 2.60. The lowest BCUT2D eigenvalue weighted by Gasteiger charge is -2.20. The lowest BCUT2D eigenvalue weighted by Crippen LogP contribution is -2.27. The third-order valence-electron chi connectivity index (χ3n) is 4.06. The SMILES string of the molecule is CN(C(=O)CCCCN)c1ccc(N(C)C(=O)CCCCN)cc1. The van der Waals surface area contributed by atoms with Gasteiger partial charge in [-0.05, 0) is 63.0 Å². The molecule has 1 aromatic carbocycles. The van der Waals surface area contributed by atoms with Crippen molar-refractivity contribution in [2.45, 2.75) is 38.5 Å². The van der Waals surface area contributed by atoms with Crippen LogP contribution in [-0.4, -0.2) is 39.0 Å². The summed E-state index contributed by atoms with van der Waals surface area (Å²) in [6, 6.07) is 7.44. The molecule has 24 heavy (non-hydrogen) atoms. The number of rotatable bonds is 10. The van der Waals surface area contributed by atoms with Crippen molar-refractivity contribution in [1.82, 2.24) is 0 Å². The molecule has 134 valence electrons. The lowest BCUT2D eigenvalue weighted by atomic mass is 10.2. The Hall–Kier alpha value is -1.92. The van der Waals surface area contributed by atoms with Crippen LogP contribution in [0.1, 0.15) is 38.5 Å². The lowest BCUT2D eigenvalue weighted by molar-refractivity contribution is -0.119. The molecular formula is C18H30N4O2. The number of hydrogen-bond donors (Lipinski definition) is 2. The van der Waals surface area contributed by atoms with Gasteiger partial charge in [0.05, 0.1) is 0 Å². The molecule has 1 aromatic rings. The summed E-state index contributed by atoms with van der Waals surface area (Å²) in [5, 5.41) is 0. The highest BCUT2D eigenvalue weighted by Crippen LogP contribution is 2.21. The van der Waals surface area contributed by atoms with Crippen molar-refractivity contribution < 1.29 is 9.59 Å². The number of benzene rings is 1. The minimum absolute atomic E-state index is 0.0717. The van der Waals surface area contributed by atoms with E-state index >= 15 is 0 Å². The summed E-state index contributed by atoms with van der Waals surface area (Å²) in [6.45, 7) is 1.22. The van der Waals surface area contributed by atoms with Crippen LogP contribution in [0.25, 0.3) is 0 Å². The molecule has 2 amide bonds. The largest absolute Gasteiger partial charge is 0.330 e. The maximum absolute atomic E-state index is 12.1. The predicted octanol–water partition coefficient (Wildman–Crippen LogP) is 1.87. The molecule has 0 saturated heterocycles. The van der Waals surface area contributed by atoms with Gasteiger partial charge in [-0.1, -0.05) is 0 Å². The molecule has 4 N–H and O–H groups in total. The molecule has 6 heteroatoms. The van der Waals surface area contributed by atoms with Crippen molar-refractivity contribution in [2.24, 2.45) is 11.5 Å². The molecule has 0 saturated carbocycles. The number of amides is 2. The fourth-order valence-corrected chi connectivity index (χ4v) is 2.36. The second-order valence-electron chi connectivity index (χ2n) is 5.91. The maximum atomic E-state index is 12.1. The van der Waals surface area contributed by atoms with E-state index in [1.54, 1.807) is 23.9 Å². The number of nitrogens with two attached hydrogens (primary N) is 2. The van der Waals surface area contributed by atoms with Gasteiger partial charge in [-0.25, -0.2) is 0 Å². The van der Waals surface area contributed by atoms with Gasteiger partial charge in [0.2, 0.25) is 11.8 Å². The first kappa shape index (κ1) is 20.1. The first-order valence-electron chi connectivity index (χ1n) is 8.54. The van der Waals surface area contributed by atoms with E-state index < -0.39 is 0 Å². The Labute approximate surface area is 144 Å². The smallest absolute Gasteiger partial charge is 0.226 e. The van der Waals surface area contributed by atoms with Gasteiger partial charge in [-0.3, -0.25) is 9.59 Å². The van der Waals surface area contributed by atoms with Crippen LogP contribution in [-0.2, 0) is 9.59 Å². The molecule has 0 aliphatic heterocycles. The zero-order chi connectivity index (χ0) is 17.9. The van der Waals surface area contributed by atoms with Crippen molar-refractivity contribution >= 4 is 23.2 Å². The van der Waals surface area contributed by atoms with Crippen LogP contribution in [0.4, 0.5) is 11.4 Å². The second-order valence-corrected chi connectivity index (χ2v) is 5.91. The Bertz CT molecular complexity index is 469. The molecule has 0 aliphatic carbocycles. The van der Waals surface area contributed by atoms with E-state index in [1.165, 1.54) is 0 Å². The van der Waals surface area contributed by atoms with Crippen LogP contribution in [0, 0.1) is 0 Å². The molecule has 0 aromatic heterocycles. The monoisotopic (exact) mass is 334 g/mol. The van der Waals surface area contributed by atoms with E-state index in [0.29, 0.717) is 25.9 Å². The molecule has 6 nitrogen and oxygen atoms in total. The summed E-state index contributed by atoms with van der Waals surface area (Å²) in [4.78, 5) is 27.5. The van der Waals surface area contributed by atoms with Gasteiger partial charge in [0.25, 0.3) is 0 Å². The topological polar surface area (TPSA) is 92.7 Å². The summed E-state index contributed by atoms with van der Waals surface area (Å²) in [6.07, 6.45) is 4.31. The normalized spacial score (nSPS) is 10.5. The minimum Gasteiger partial charge on any atom is -0.330 e. The van der Waals surface area contributed by atoms with E-state index in [1.807, 2.05) is 24.3 Å². The Balaban J connectivity index is 2.60. The molecule has 0 bridgehead atoms. The van der Waals surface area contributed by atoms with Gasteiger partial charge < -0.3 is 21.3 Å². The fraction of sp³-hybridized carbons (Fsp3) is 0.556. The number of carbonyl (C=O) groups excluding carboxylic acids is 2. The number of hydrogen-bond acceptors (Lipinski definition) is 4. The Morgan fingerprint density at radius 2 is 1.08 bits per heavy atom. The summed E-state index contributed by atoms with van der Waals surface area (Å²) < 4.78 is 0. The quantitative estimate of drug-likeness (QED) is 0.639. The molecule has 0 unspecified atom stereocenters. The Morgan fingerprint density at radius 3 is 1.38 bits per heavy atom. The standard InChI is InChI=1S/C18H30N4O2/c1-21(17(23)7-3-5-13-19)15-9-11-16(12-10-15)22(2)18(24)8-4-6-14-20/h9-12H,3-8,13-14,19-20H2,1-2H3. The van der Waals surface area contributed by atoms with Gasteiger partial charge in [0, 0.05) is 38.3 Å². The molecule has 0 atom stereocenters. The number of unbranched alkanes of at least 4 members (excludes halogenated alkanes) is 2. The third kappa shape index (κ3) is 6.29. The maximum Gasteiger partial charge on any atom is 0.226 e. The predicted molar refractivity (Wildman–Crippen MR) is 99.1 cm³/mol. The first-order valence-corrected chi connectivity index (χ1v) is 8.54. The van der Waals surface area contributed by atoms with Gasteiger partial charge in [-0.15, -0.1) is 0 Å². The van der Waals surface area contributed by atoms with Gasteiger partial charge in [-0.2, -0.15) is 0 Å². The average molecular weight is 334 g/mol. The van der Waals surface area contributed by atoms with E-state index in [2.05, 4.69) is 0 Å². The van der Waals surface area contributed by atoms with Crippen molar-refractivity contribution in [1.29, 1.82) is 0 Å². The second kappa shape index (κ2) is 10.8. The highest BCUT2D eigenvalue weighted by molar-refractivity contribution is 5.95. The zero-order valence-electron chi connectivity index (χ0n) is 14.8. The van der Waals surface area contributed by atoms with Gasteiger partial charge in [0.1, 0.15) is 0 Å². The van der Waals surface area contributed by atoms with E-state index in [-0.39, 0.29) is 11.8 Å². The number of anilines is 2. The molecular weight excluding hydrogens is 304 g/mol. The molecule has 0 fully saturated rings. The highest BCUT2D eigenvalue weighted by atomic mass is 16.2. The first-order chi connectivity index (χ1) is 11.5. The van der Waals surface area contributed by atoms with Crippen LogP contribution in [0.5, 0.6) is 0 Å². The molecule has 0 radical (unpaired) electrons. The molecule has 0 heterocycles. The molecule has 0 spiro atoms. The van der Waals surface area contributed by atoms with Crippen LogP contribution in [0.3, 0.4) is 0 Å². The van der Waals surface area contributed by atoms with Crippen LogP contribution in [0.15, 0.2) is 24.3 Å².